The molecule has 2 unspecified atom stereocenters. The van der Waals surface area contributed by atoms with E-state index in [0.717, 1.165) is 13.0 Å². The van der Waals surface area contributed by atoms with E-state index in [9.17, 15) is 0 Å². The summed E-state index contributed by atoms with van der Waals surface area (Å²) in [6, 6.07) is 0.256. The Morgan fingerprint density at radius 3 is 2.33 bits per heavy atom. The molecule has 0 spiro atoms. The van der Waals surface area contributed by atoms with E-state index in [0.29, 0.717) is 6.10 Å². The van der Waals surface area contributed by atoms with Gasteiger partial charge in [0.25, 0.3) is 0 Å². The molecule has 9 heavy (non-hydrogen) atoms. The predicted molar refractivity (Wildman–Crippen MR) is 39.4 cm³/mol. The molecule has 0 amide bonds. The van der Waals surface area contributed by atoms with Gasteiger partial charge in [-0.15, -0.1) is 0 Å². The van der Waals surface area contributed by atoms with Crippen LogP contribution in [0.2, 0.25) is 0 Å². The Kier molecular flexibility index (Phi) is 4.72. The minimum atomic E-state index is 0.256. The second-order valence-electron chi connectivity index (χ2n) is 2.48. The largest absolute Gasteiger partial charge is 0.379 e. The first-order valence-corrected chi connectivity index (χ1v) is 3.54. The van der Waals surface area contributed by atoms with E-state index in [1.807, 2.05) is 20.8 Å². The van der Waals surface area contributed by atoms with Gasteiger partial charge in [0.1, 0.15) is 0 Å². The van der Waals surface area contributed by atoms with Crippen LogP contribution in [0.15, 0.2) is 0 Å². The van der Waals surface area contributed by atoms with Crippen molar-refractivity contribution in [2.24, 2.45) is 5.73 Å². The smallest absolute Gasteiger partial charge is 0.0561 e. The molecular formula is C7H17NO. The first-order chi connectivity index (χ1) is 4.16. The second kappa shape index (κ2) is 4.77. The summed E-state index contributed by atoms with van der Waals surface area (Å²) in [5.41, 5.74) is 5.54. The fourth-order valence-corrected chi connectivity index (χ4v) is 0.876. The highest BCUT2D eigenvalue weighted by atomic mass is 16.5. The Balaban J connectivity index is 3.15. The third-order valence-corrected chi connectivity index (χ3v) is 1.15. The van der Waals surface area contributed by atoms with E-state index >= 15 is 0 Å². The maximum absolute atomic E-state index is 5.54. The molecule has 0 aromatic rings. The number of rotatable bonds is 4. The molecule has 0 radical (unpaired) electrons. The molecule has 0 rings (SSSR count). The number of nitrogens with two attached hydrogens (primary N) is 1. The van der Waals surface area contributed by atoms with Gasteiger partial charge < -0.3 is 10.5 Å². The van der Waals surface area contributed by atoms with Gasteiger partial charge in [0, 0.05) is 12.6 Å². The van der Waals surface area contributed by atoms with Crippen LogP contribution in [0.4, 0.5) is 0 Å². The molecule has 2 nitrogen and oxygen atoms in total. The summed E-state index contributed by atoms with van der Waals surface area (Å²) in [6.07, 6.45) is 1.27. The summed E-state index contributed by atoms with van der Waals surface area (Å²) in [7, 11) is 0. The molecule has 0 heterocycles. The van der Waals surface area contributed by atoms with Crippen LogP contribution in [0.3, 0.4) is 0 Å². The predicted octanol–water partition coefficient (Wildman–Crippen LogP) is 1.15. The number of ether oxygens (including phenoxy) is 1. The minimum absolute atomic E-state index is 0.256. The Morgan fingerprint density at radius 1 is 1.44 bits per heavy atom. The van der Waals surface area contributed by atoms with Crippen LogP contribution in [-0.4, -0.2) is 18.8 Å². The first kappa shape index (κ1) is 8.92. The van der Waals surface area contributed by atoms with Crippen molar-refractivity contribution in [2.75, 3.05) is 6.61 Å². The zero-order valence-corrected chi connectivity index (χ0v) is 6.55. The van der Waals surface area contributed by atoms with Crippen molar-refractivity contribution in [3.63, 3.8) is 0 Å². The summed E-state index contributed by atoms with van der Waals surface area (Å²) < 4.78 is 5.27. The van der Waals surface area contributed by atoms with Gasteiger partial charge in [-0.3, -0.25) is 0 Å². The summed E-state index contributed by atoms with van der Waals surface area (Å²) in [4.78, 5) is 0. The van der Waals surface area contributed by atoms with Crippen LogP contribution in [0.1, 0.15) is 27.2 Å². The summed E-state index contributed by atoms with van der Waals surface area (Å²) in [6.45, 7) is 6.83. The highest BCUT2D eigenvalue weighted by Crippen LogP contribution is 1.98. The lowest BCUT2D eigenvalue weighted by atomic mass is 10.2. The maximum atomic E-state index is 5.54. The van der Waals surface area contributed by atoms with Gasteiger partial charge in [-0.25, -0.2) is 0 Å². The Labute approximate surface area is 57.4 Å². The van der Waals surface area contributed by atoms with Crippen LogP contribution < -0.4 is 5.73 Å². The minimum Gasteiger partial charge on any atom is -0.379 e. The van der Waals surface area contributed by atoms with Crippen LogP contribution >= 0.6 is 0 Å². The van der Waals surface area contributed by atoms with Crippen molar-refractivity contribution in [3.05, 3.63) is 0 Å². The van der Waals surface area contributed by atoms with E-state index < -0.39 is 0 Å². The quantitative estimate of drug-likeness (QED) is 0.621. The van der Waals surface area contributed by atoms with Gasteiger partial charge in [0.05, 0.1) is 6.10 Å². The highest BCUT2D eigenvalue weighted by Gasteiger charge is 2.02. The molecule has 0 aliphatic heterocycles. The van der Waals surface area contributed by atoms with Gasteiger partial charge in [-0.1, -0.05) is 0 Å². The highest BCUT2D eigenvalue weighted by molar-refractivity contribution is 4.58. The van der Waals surface area contributed by atoms with Crippen LogP contribution in [0.25, 0.3) is 0 Å². The van der Waals surface area contributed by atoms with E-state index in [1.165, 1.54) is 0 Å². The summed E-state index contributed by atoms with van der Waals surface area (Å²) >= 11 is 0. The van der Waals surface area contributed by atoms with Crippen molar-refractivity contribution >= 4 is 0 Å². The van der Waals surface area contributed by atoms with Gasteiger partial charge in [-0.05, 0) is 27.2 Å². The molecule has 0 fully saturated rings. The average molecular weight is 131 g/mol. The Hall–Kier alpha value is -0.0800. The van der Waals surface area contributed by atoms with E-state index in [1.54, 1.807) is 0 Å². The number of hydrogen-bond acceptors (Lipinski definition) is 2. The molecule has 0 aromatic carbocycles. The average Bonchev–Trinajstić information content (AvgIpc) is 1.63. The van der Waals surface area contributed by atoms with E-state index in [-0.39, 0.29) is 6.04 Å². The zero-order valence-electron chi connectivity index (χ0n) is 6.55. The fourth-order valence-electron chi connectivity index (χ4n) is 0.876. The molecule has 2 atom stereocenters. The van der Waals surface area contributed by atoms with Gasteiger partial charge >= 0.3 is 0 Å². The standard InChI is InChI=1S/C7H17NO/c1-4-9-7(3)5-6(2)8/h6-7H,4-5,8H2,1-3H3. The van der Waals surface area contributed by atoms with Crippen molar-refractivity contribution < 1.29 is 4.74 Å². The first-order valence-electron chi connectivity index (χ1n) is 3.54. The van der Waals surface area contributed by atoms with Crippen LogP contribution in [-0.2, 0) is 4.74 Å². The van der Waals surface area contributed by atoms with Gasteiger partial charge in [0.15, 0.2) is 0 Å². The molecule has 0 bridgehead atoms. The van der Waals surface area contributed by atoms with E-state index in [4.69, 9.17) is 10.5 Å². The normalized spacial score (nSPS) is 17.3. The van der Waals surface area contributed by atoms with Crippen molar-refractivity contribution in [1.82, 2.24) is 0 Å². The second-order valence-corrected chi connectivity index (χ2v) is 2.48. The number of hydrogen-bond donors (Lipinski definition) is 1. The van der Waals surface area contributed by atoms with Gasteiger partial charge in [-0.2, -0.15) is 0 Å². The molecule has 2 heteroatoms. The van der Waals surface area contributed by atoms with Crippen LogP contribution in [0, 0.1) is 0 Å². The van der Waals surface area contributed by atoms with Gasteiger partial charge in [0.2, 0.25) is 0 Å². The fraction of sp³-hybridized carbons (Fsp3) is 1.00. The molecule has 0 saturated carbocycles. The molecule has 0 aliphatic carbocycles. The van der Waals surface area contributed by atoms with Crippen molar-refractivity contribution in [3.8, 4) is 0 Å². The molecule has 2 N–H and O–H groups in total. The molecule has 0 aromatic heterocycles. The third-order valence-electron chi connectivity index (χ3n) is 1.15. The topological polar surface area (TPSA) is 35.2 Å². The summed E-state index contributed by atoms with van der Waals surface area (Å²) in [5.74, 6) is 0. The lowest BCUT2D eigenvalue weighted by molar-refractivity contribution is 0.0666. The molecule has 0 saturated heterocycles. The SMILES string of the molecule is CCOC(C)CC(C)N. The molecule has 56 valence electrons. The van der Waals surface area contributed by atoms with Crippen molar-refractivity contribution in [1.29, 1.82) is 0 Å². The monoisotopic (exact) mass is 131 g/mol. The summed E-state index contributed by atoms with van der Waals surface area (Å²) in [5, 5.41) is 0. The maximum Gasteiger partial charge on any atom is 0.0561 e. The lowest BCUT2D eigenvalue weighted by Gasteiger charge is -2.12. The Bertz CT molecular complexity index is 63.9. The molecule has 0 aliphatic rings. The van der Waals surface area contributed by atoms with Crippen LogP contribution in [0.5, 0.6) is 0 Å². The zero-order chi connectivity index (χ0) is 7.28. The van der Waals surface area contributed by atoms with E-state index in [2.05, 4.69) is 0 Å². The molecular weight excluding hydrogens is 114 g/mol. The van der Waals surface area contributed by atoms with Crippen molar-refractivity contribution in [2.45, 2.75) is 39.3 Å². The Morgan fingerprint density at radius 2 is 2.00 bits per heavy atom. The third kappa shape index (κ3) is 5.80. The lowest BCUT2D eigenvalue weighted by Crippen LogP contribution is -2.22.